The molecule has 2 fully saturated rings. The number of hydrogen-bond donors (Lipinski definition) is 2. The lowest BCUT2D eigenvalue weighted by Gasteiger charge is -2.31. The number of aromatic hydroxyl groups is 1. The SMILES string of the molecule is COc1ccc(C2/C(=C(/O)c3ccc(OCc4ccccc4)c(C)c3)C(=O)C(=O)N2C2CCCC2)cc1O. The van der Waals surface area contributed by atoms with Crippen LogP contribution in [0.5, 0.6) is 17.2 Å². The molecule has 3 aromatic carbocycles. The van der Waals surface area contributed by atoms with Gasteiger partial charge in [0.15, 0.2) is 11.5 Å². The third-order valence-corrected chi connectivity index (χ3v) is 7.40. The van der Waals surface area contributed by atoms with Gasteiger partial charge in [0, 0.05) is 11.6 Å². The number of aliphatic hydroxyl groups is 1. The molecule has 1 atom stereocenters. The maximum absolute atomic E-state index is 13.4. The van der Waals surface area contributed by atoms with Crippen molar-refractivity contribution >= 4 is 17.4 Å². The van der Waals surface area contributed by atoms with Crippen LogP contribution in [0.3, 0.4) is 0 Å². The number of phenols is 1. The molecule has 0 bridgehead atoms. The van der Waals surface area contributed by atoms with Crippen molar-refractivity contribution in [2.24, 2.45) is 0 Å². The summed E-state index contributed by atoms with van der Waals surface area (Å²) in [6.07, 6.45) is 3.52. The number of likely N-dealkylation sites (tertiary alicyclic amines) is 1. The fourth-order valence-corrected chi connectivity index (χ4v) is 5.46. The van der Waals surface area contributed by atoms with Gasteiger partial charge in [-0.25, -0.2) is 0 Å². The Morgan fingerprint density at radius 2 is 1.68 bits per heavy atom. The summed E-state index contributed by atoms with van der Waals surface area (Å²) < 4.78 is 11.1. The fraction of sp³-hybridized carbons (Fsp3) is 0.290. The van der Waals surface area contributed by atoms with E-state index in [0.717, 1.165) is 36.8 Å². The van der Waals surface area contributed by atoms with Crippen molar-refractivity contribution in [2.75, 3.05) is 7.11 Å². The molecule has 7 heteroatoms. The number of carbonyl (C=O) groups excluding carboxylic acids is 2. The van der Waals surface area contributed by atoms with Crippen molar-refractivity contribution in [2.45, 2.75) is 51.3 Å². The summed E-state index contributed by atoms with van der Waals surface area (Å²) >= 11 is 0. The second-order valence-corrected chi connectivity index (χ2v) is 9.83. The number of carbonyl (C=O) groups is 2. The van der Waals surface area contributed by atoms with E-state index in [-0.39, 0.29) is 28.9 Å². The zero-order valence-electron chi connectivity index (χ0n) is 21.5. The summed E-state index contributed by atoms with van der Waals surface area (Å²) in [4.78, 5) is 28.3. The number of benzene rings is 3. The van der Waals surface area contributed by atoms with E-state index < -0.39 is 17.7 Å². The summed E-state index contributed by atoms with van der Waals surface area (Å²) in [6, 6.07) is 18.9. The zero-order valence-corrected chi connectivity index (χ0v) is 21.5. The lowest BCUT2D eigenvalue weighted by molar-refractivity contribution is -0.141. The summed E-state index contributed by atoms with van der Waals surface area (Å²) in [6.45, 7) is 2.27. The first-order valence-corrected chi connectivity index (χ1v) is 12.8. The van der Waals surface area contributed by atoms with E-state index in [1.165, 1.54) is 13.2 Å². The maximum atomic E-state index is 13.4. The average molecular weight is 514 g/mol. The predicted molar refractivity (Wildman–Crippen MR) is 143 cm³/mol. The van der Waals surface area contributed by atoms with Gasteiger partial charge in [-0.1, -0.05) is 49.2 Å². The fourth-order valence-electron chi connectivity index (χ4n) is 5.46. The van der Waals surface area contributed by atoms with Crippen LogP contribution in [0, 0.1) is 6.92 Å². The van der Waals surface area contributed by atoms with E-state index in [1.807, 2.05) is 37.3 Å². The Morgan fingerprint density at radius 3 is 2.34 bits per heavy atom. The molecule has 1 saturated heterocycles. The van der Waals surface area contributed by atoms with Gasteiger partial charge in [0.1, 0.15) is 18.1 Å². The normalized spacial score (nSPS) is 19.2. The van der Waals surface area contributed by atoms with Gasteiger partial charge >= 0.3 is 0 Å². The van der Waals surface area contributed by atoms with Crippen LogP contribution in [0.15, 0.2) is 72.3 Å². The lowest BCUT2D eigenvalue weighted by Crippen LogP contribution is -2.37. The van der Waals surface area contributed by atoms with Gasteiger partial charge in [-0.15, -0.1) is 0 Å². The zero-order chi connectivity index (χ0) is 26.8. The predicted octanol–water partition coefficient (Wildman–Crippen LogP) is 5.65. The minimum Gasteiger partial charge on any atom is -0.507 e. The highest BCUT2D eigenvalue weighted by molar-refractivity contribution is 6.46. The number of aliphatic hydroxyl groups excluding tert-OH is 1. The van der Waals surface area contributed by atoms with Crippen LogP contribution >= 0.6 is 0 Å². The standard InChI is InChI=1S/C31H31NO6/c1-19-16-22(13-14-25(19)38-18-20-8-4-3-5-9-20)29(34)27-28(21-12-15-26(37-2)24(33)17-21)32(31(36)30(27)35)23-10-6-7-11-23/h3-5,8-9,12-17,23,28,33-34H,6-7,10-11,18H2,1-2H3/b29-27-. The van der Waals surface area contributed by atoms with Gasteiger partial charge in [-0.05, 0) is 66.8 Å². The first-order valence-electron chi connectivity index (χ1n) is 12.8. The Bertz CT molecular complexity index is 1390. The van der Waals surface area contributed by atoms with Crippen LogP contribution in [0.4, 0.5) is 0 Å². The van der Waals surface area contributed by atoms with Crippen molar-refractivity contribution in [3.05, 3.63) is 94.6 Å². The smallest absolute Gasteiger partial charge is 0.295 e. The molecule has 1 amide bonds. The van der Waals surface area contributed by atoms with Gasteiger partial charge < -0.3 is 24.6 Å². The molecule has 2 aliphatic rings. The molecular weight excluding hydrogens is 482 g/mol. The second kappa shape index (κ2) is 10.6. The summed E-state index contributed by atoms with van der Waals surface area (Å²) in [7, 11) is 1.45. The minimum atomic E-state index is -0.816. The molecule has 7 nitrogen and oxygen atoms in total. The number of amides is 1. The molecule has 1 aliphatic carbocycles. The number of nitrogens with zero attached hydrogens (tertiary/aromatic N) is 1. The van der Waals surface area contributed by atoms with Crippen LogP contribution in [-0.4, -0.2) is 40.0 Å². The molecular formula is C31H31NO6. The molecule has 0 aromatic heterocycles. The van der Waals surface area contributed by atoms with E-state index in [9.17, 15) is 19.8 Å². The molecule has 5 rings (SSSR count). The molecule has 1 heterocycles. The van der Waals surface area contributed by atoms with Crippen molar-refractivity contribution in [1.29, 1.82) is 0 Å². The Kier molecular flexibility index (Phi) is 7.09. The van der Waals surface area contributed by atoms with Crippen LogP contribution in [0.1, 0.15) is 54.0 Å². The highest BCUT2D eigenvalue weighted by Crippen LogP contribution is 2.45. The Labute approximate surface area is 221 Å². The van der Waals surface area contributed by atoms with Crippen molar-refractivity contribution in [3.63, 3.8) is 0 Å². The maximum Gasteiger partial charge on any atom is 0.295 e. The number of ether oxygens (including phenoxy) is 2. The van der Waals surface area contributed by atoms with Crippen LogP contribution < -0.4 is 9.47 Å². The highest BCUT2D eigenvalue weighted by Gasteiger charge is 2.49. The minimum absolute atomic E-state index is 0.0174. The number of hydrogen-bond acceptors (Lipinski definition) is 6. The second-order valence-electron chi connectivity index (χ2n) is 9.83. The van der Waals surface area contributed by atoms with E-state index in [1.54, 1.807) is 35.2 Å². The molecule has 1 aliphatic heterocycles. The molecule has 1 unspecified atom stereocenters. The number of ketones is 1. The van der Waals surface area contributed by atoms with Crippen molar-refractivity contribution in [3.8, 4) is 17.2 Å². The van der Waals surface area contributed by atoms with E-state index >= 15 is 0 Å². The van der Waals surface area contributed by atoms with Crippen LogP contribution in [-0.2, 0) is 16.2 Å². The lowest BCUT2D eigenvalue weighted by atomic mass is 9.94. The van der Waals surface area contributed by atoms with Gasteiger partial charge in [-0.2, -0.15) is 0 Å². The molecule has 3 aromatic rings. The number of methoxy groups -OCH3 is 1. The largest absolute Gasteiger partial charge is 0.507 e. The van der Waals surface area contributed by atoms with Crippen molar-refractivity contribution < 1.29 is 29.3 Å². The summed E-state index contributed by atoms with van der Waals surface area (Å²) in [5, 5.41) is 21.9. The third kappa shape index (κ3) is 4.72. The topological polar surface area (TPSA) is 96.3 Å². The quantitative estimate of drug-likeness (QED) is 0.241. The van der Waals surface area contributed by atoms with Gasteiger partial charge in [0.05, 0.1) is 18.7 Å². The molecule has 196 valence electrons. The van der Waals surface area contributed by atoms with Crippen LogP contribution in [0.25, 0.3) is 5.76 Å². The van der Waals surface area contributed by atoms with Gasteiger partial charge in [0.25, 0.3) is 11.7 Å². The highest BCUT2D eigenvalue weighted by atomic mass is 16.5. The number of aryl methyl sites for hydroxylation is 1. The molecule has 1 saturated carbocycles. The van der Waals surface area contributed by atoms with Gasteiger partial charge in [0.2, 0.25) is 0 Å². The van der Waals surface area contributed by atoms with E-state index in [0.29, 0.717) is 23.5 Å². The molecule has 0 radical (unpaired) electrons. The summed E-state index contributed by atoms with van der Waals surface area (Å²) in [5.74, 6) is -0.753. The van der Waals surface area contributed by atoms with E-state index in [4.69, 9.17) is 9.47 Å². The molecule has 0 spiro atoms. The Morgan fingerprint density at radius 1 is 0.974 bits per heavy atom. The Balaban J connectivity index is 1.53. The third-order valence-electron chi connectivity index (χ3n) is 7.40. The average Bonchev–Trinajstić information content (AvgIpc) is 3.54. The monoisotopic (exact) mass is 513 g/mol. The van der Waals surface area contributed by atoms with Crippen molar-refractivity contribution in [1.82, 2.24) is 4.90 Å². The molecule has 2 N–H and O–H groups in total. The van der Waals surface area contributed by atoms with Gasteiger partial charge in [-0.3, -0.25) is 9.59 Å². The van der Waals surface area contributed by atoms with E-state index in [2.05, 4.69) is 0 Å². The van der Waals surface area contributed by atoms with Crippen LogP contribution in [0.2, 0.25) is 0 Å². The molecule has 38 heavy (non-hydrogen) atoms. The number of rotatable bonds is 7. The number of Topliss-reactive ketones (excluding diaryl/α,β-unsaturated/α-hetero) is 1. The first kappa shape index (κ1) is 25.4. The Hall–Kier alpha value is -4.26. The first-order chi connectivity index (χ1) is 18.4. The summed E-state index contributed by atoms with van der Waals surface area (Å²) in [5.41, 5.74) is 2.79. The number of phenolic OH excluding ortho intramolecular Hbond substituents is 1.